The predicted octanol–water partition coefficient (Wildman–Crippen LogP) is 2.46. The van der Waals surface area contributed by atoms with Crippen molar-refractivity contribution >= 4 is 28.3 Å². The van der Waals surface area contributed by atoms with Gasteiger partial charge in [0, 0.05) is 37.2 Å². The molecule has 3 heterocycles. The third-order valence-corrected chi connectivity index (χ3v) is 6.99. The van der Waals surface area contributed by atoms with Gasteiger partial charge in [-0.2, -0.15) is 0 Å². The van der Waals surface area contributed by atoms with Gasteiger partial charge in [0.25, 0.3) is 5.91 Å². The number of anilines is 1. The minimum Gasteiger partial charge on any atom is -0.342 e. The molecule has 2 aromatic rings. The highest BCUT2D eigenvalue weighted by atomic mass is 16.2. The van der Waals surface area contributed by atoms with Crippen molar-refractivity contribution in [2.45, 2.75) is 38.5 Å². The van der Waals surface area contributed by atoms with E-state index in [-0.39, 0.29) is 11.8 Å². The summed E-state index contributed by atoms with van der Waals surface area (Å²) in [7, 11) is 0. The molecule has 0 aromatic heterocycles. The van der Waals surface area contributed by atoms with Crippen LogP contribution in [0, 0.1) is 5.92 Å². The second-order valence-corrected chi connectivity index (χ2v) is 8.84. The number of carbonyl (C=O) groups is 2. The Bertz CT molecular complexity index is 920. The summed E-state index contributed by atoms with van der Waals surface area (Å²) in [6.45, 7) is 4.49. The normalized spacial score (nSPS) is 24.8. The van der Waals surface area contributed by atoms with Crippen molar-refractivity contribution in [3.05, 3.63) is 42.0 Å². The lowest BCUT2D eigenvalue weighted by molar-refractivity contribution is -0.904. The van der Waals surface area contributed by atoms with Gasteiger partial charge in [0.1, 0.15) is 0 Å². The Kier molecular flexibility index (Phi) is 5.00. The lowest BCUT2D eigenvalue weighted by atomic mass is 9.95. The van der Waals surface area contributed by atoms with Crippen LogP contribution in [0.15, 0.2) is 36.4 Å². The third kappa shape index (κ3) is 3.42. The number of rotatable bonds is 3. The Hall–Kier alpha value is -2.40. The summed E-state index contributed by atoms with van der Waals surface area (Å²) in [6.07, 6.45) is 6.68. The van der Waals surface area contributed by atoms with Crippen molar-refractivity contribution in [2.75, 3.05) is 37.7 Å². The molecule has 2 saturated heterocycles. The molecule has 29 heavy (non-hydrogen) atoms. The van der Waals surface area contributed by atoms with E-state index < -0.39 is 0 Å². The van der Waals surface area contributed by atoms with Gasteiger partial charge in [0.05, 0.1) is 24.3 Å². The molecule has 5 nitrogen and oxygen atoms in total. The van der Waals surface area contributed by atoms with E-state index in [4.69, 9.17) is 0 Å². The van der Waals surface area contributed by atoms with Crippen molar-refractivity contribution in [1.82, 2.24) is 4.90 Å². The van der Waals surface area contributed by atoms with E-state index in [1.165, 1.54) is 17.7 Å². The van der Waals surface area contributed by atoms with Crippen molar-refractivity contribution in [3.63, 3.8) is 0 Å². The fourth-order valence-electron chi connectivity index (χ4n) is 5.34. The van der Waals surface area contributed by atoms with Crippen LogP contribution in [0.3, 0.4) is 0 Å². The summed E-state index contributed by atoms with van der Waals surface area (Å²) in [5, 5.41) is 2.22. The van der Waals surface area contributed by atoms with Crippen LogP contribution in [-0.4, -0.2) is 49.6 Å². The maximum absolute atomic E-state index is 13.0. The fourth-order valence-corrected chi connectivity index (χ4v) is 5.34. The molecular formula is C24H30N3O2+. The molecule has 1 N–H and O–H groups in total. The minimum atomic E-state index is 0.118. The van der Waals surface area contributed by atoms with E-state index in [2.05, 4.69) is 23.1 Å². The molecule has 2 fully saturated rings. The molecular weight excluding hydrogens is 362 g/mol. The van der Waals surface area contributed by atoms with E-state index in [0.717, 1.165) is 73.9 Å². The highest BCUT2D eigenvalue weighted by Crippen LogP contribution is 2.36. The molecule has 3 aliphatic rings. The number of likely N-dealkylation sites (tertiary alicyclic amines) is 2. The van der Waals surface area contributed by atoms with Crippen molar-refractivity contribution < 1.29 is 14.5 Å². The lowest BCUT2D eigenvalue weighted by Crippen LogP contribution is -3.14. The van der Waals surface area contributed by atoms with Crippen molar-refractivity contribution in [2.24, 2.45) is 5.92 Å². The first-order valence-corrected chi connectivity index (χ1v) is 11.2. The van der Waals surface area contributed by atoms with Crippen LogP contribution in [0.25, 0.3) is 10.8 Å². The van der Waals surface area contributed by atoms with Gasteiger partial charge < -0.3 is 9.80 Å². The number of quaternary nitrogens is 1. The molecule has 0 radical (unpaired) electrons. The third-order valence-electron chi connectivity index (χ3n) is 6.99. The Balaban J connectivity index is 1.23. The zero-order valence-electron chi connectivity index (χ0n) is 17.0. The van der Waals surface area contributed by atoms with Crippen LogP contribution in [0.1, 0.15) is 48.9 Å². The number of carbonyl (C=O) groups excluding carboxylic acids is 2. The van der Waals surface area contributed by atoms with E-state index in [0.29, 0.717) is 12.6 Å². The molecule has 5 rings (SSSR count). The van der Waals surface area contributed by atoms with Gasteiger partial charge in [-0.3, -0.25) is 14.5 Å². The van der Waals surface area contributed by atoms with Crippen LogP contribution >= 0.6 is 0 Å². The SMILES string of the molecule is O=C(C1CC[NH+](CN2C(=O)c3cccc4cccc2c34)CC1)N1CCCCCC1. The number of hydrogen-bond acceptors (Lipinski definition) is 2. The molecule has 0 saturated carbocycles. The molecule has 2 amide bonds. The minimum absolute atomic E-state index is 0.118. The summed E-state index contributed by atoms with van der Waals surface area (Å²) < 4.78 is 0. The highest BCUT2D eigenvalue weighted by molar-refractivity contribution is 6.24. The number of nitrogens with zero attached hydrogens (tertiary/aromatic N) is 2. The van der Waals surface area contributed by atoms with Crippen LogP contribution in [0.5, 0.6) is 0 Å². The zero-order chi connectivity index (χ0) is 19.8. The van der Waals surface area contributed by atoms with Gasteiger partial charge in [-0.15, -0.1) is 0 Å². The number of amides is 2. The number of hydrogen-bond donors (Lipinski definition) is 1. The molecule has 0 aliphatic carbocycles. The first-order valence-electron chi connectivity index (χ1n) is 11.2. The van der Waals surface area contributed by atoms with E-state index in [9.17, 15) is 9.59 Å². The largest absolute Gasteiger partial charge is 0.342 e. The number of piperidine rings is 1. The summed E-state index contributed by atoms with van der Waals surface area (Å²) >= 11 is 0. The highest BCUT2D eigenvalue weighted by Gasteiger charge is 2.35. The van der Waals surface area contributed by atoms with E-state index in [1.807, 2.05) is 23.1 Å². The topological polar surface area (TPSA) is 45.1 Å². The fraction of sp³-hybridized carbons (Fsp3) is 0.500. The van der Waals surface area contributed by atoms with Crippen LogP contribution < -0.4 is 9.80 Å². The van der Waals surface area contributed by atoms with Crippen molar-refractivity contribution in [1.29, 1.82) is 0 Å². The molecule has 5 heteroatoms. The molecule has 0 unspecified atom stereocenters. The lowest BCUT2D eigenvalue weighted by Gasteiger charge is -2.33. The van der Waals surface area contributed by atoms with Gasteiger partial charge in [-0.05, 0) is 30.4 Å². The standard InChI is InChI=1S/C24H29N3O2/c28-23(26-13-3-1-2-4-14-26)19-11-15-25(16-12-19)17-27-21-10-6-8-18-7-5-9-20(22(18)21)24(27)29/h5-10,19H,1-4,11-17H2/p+1. The molecule has 0 bridgehead atoms. The van der Waals surface area contributed by atoms with Gasteiger partial charge in [-0.1, -0.05) is 37.1 Å². The van der Waals surface area contributed by atoms with Crippen molar-refractivity contribution in [3.8, 4) is 0 Å². The molecule has 0 atom stereocenters. The zero-order valence-corrected chi connectivity index (χ0v) is 17.0. The summed E-state index contributed by atoms with van der Waals surface area (Å²) in [5.74, 6) is 0.666. The smallest absolute Gasteiger partial charge is 0.263 e. The average Bonchev–Trinajstić information content (AvgIpc) is 2.95. The molecule has 152 valence electrons. The quantitative estimate of drug-likeness (QED) is 0.872. The van der Waals surface area contributed by atoms with Crippen LogP contribution in [0.4, 0.5) is 5.69 Å². The summed E-state index contributed by atoms with van der Waals surface area (Å²) in [5.41, 5.74) is 1.86. The Morgan fingerprint density at radius 2 is 1.66 bits per heavy atom. The molecule has 0 spiro atoms. The van der Waals surface area contributed by atoms with Gasteiger partial charge in [0.15, 0.2) is 6.67 Å². The monoisotopic (exact) mass is 392 g/mol. The number of nitrogens with one attached hydrogen (secondary N) is 1. The molecule has 2 aromatic carbocycles. The summed E-state index contributed by atoms with van der Waals surface area (Å²) in [6, 6.07) is 12.2. The molecule has 3 aliphatic heterocycles. The number of benzene rings is 2. The van der Waals surface area contributed by atoms with Gasteiger partial charge in [-0.25, -0.2) is 0 Å². The van der Waals surface area contributed by atoms with Crippen LogP contribution in [-0.2, 0) is 4.79 Å². The maximum atomic E-state index is 13.0. The predicted molar refractivity (Wildman–Crippen MR) is 114 cm³/mol. The first kappa shape index (κ1) is 18.6. The Morgan fingerprint density at radius 3 is 2.38 bits per heavy atom. The average molecular weight is 393 g/mol. The second-order valence-electron chi connectivity index (χ2n) is 8.84. The first-order chi connectivity index (χ1) is 14.2. The Morgan fingerprint density at radius 1 is 0.966 bits per heavy atom. The Labute approximate surface area is 172 Å². The second kappa shape index (κ2) is 7.79. The van der Waals surface area contributed by atoms with E-state index >= 15 is 0 Å². The van der Waals surface area contributed by atoms with Crippen LogP contribution in [0.2, 0.25) is 0 Å². The summed E-state index contributed by atoms with van der Waals surface area (Å²) in [4.78, 5) is 31.4. The van der Waals surface area contributed by atoms with Gasteiger partial charge >= 0.3 is 0 Å². The maximum Gasteiger partial charge on any atom is 0.263 e. The van der Waals surface area contributed by atoms with Gasteiger partial charge in [0.2, 0.25) is 5.91 Å². The van der Waals surface area contributed by atoms with E-state index in [1.54, 1.807) is 0 Å².